The van der Waals surface area contributed by atoms with E-state index in [1.807, 2.05) is 0 Å². The van der Waals surface area contributed by atoms with E-state index in [4.69, 9.17) is 4.74 Å². The van der Waals surface area contributed by atoms with Crippen molar-refractivity contribution in [2.75, 3.05) is 6.61 Å². The van der Waals surface area contributed by atoms with Gasteiger partial charge in [0.05, 0.1) is 0 Å². The highest BCUT2D eigenvalue weighted by Crippen LogP contribution is 2.48. The molecule has 2 aromatic rings. The monoisotopic (exact) mass is 336 g/mol. The number of allylic oxidation sites excluding steroid dienone is 2. The molecule has 122 valence electrons. The molecule has 0 saturated carbocycles. The average molecular weight is 336 g/mol. The summed E-state index contributed by atoms with van der Waals surface area (Å²) in [6.45, 7) is 1.82. The van der Waals surface area contributed by atoms with E-state index in [-0.39, 0.29) is 5.97 Å². The van der Waals surface area contributed by atoms with Gasteiger partial charge in [-0.05, 0) is 42.3 Å². The lowest BCUT2D eigenvalue weighted by molar-refractivity contribution is -0.139. The van der Waals surface area contributed by atoms with E-state index < -0.39 is 7.92 Å². The van der Waals surface area contributed by atoms with Gasteiger partial charge in [0.15, 0.2) is 0 Å². The second-order valence-electron chi connectivity index (χ2n) is 5.70. The summed E-state index contributed by atoms with van der Waals surface area (Å²) in [6.07, 6.45) is 6.36. The highest BCUT2D eigenvalue weighted by atomic mass is 31.1. The maximum Gasteiger partial charge on any atom is 0.302 e. The van der Waals surface area contributed by atoms with E-state index >= 15 is 0 Å². The average Bonchev–Trinajstić information content (AvgIpc) is 2.63. The first-order valence-corrected chi connectivity index (χ1v) is 9.52. The molecule has 0 N–H and O–H groups in total. The minimum atomic E-state index is -0.602. The summed E-state index contributed by atoms with van der Waals surface area (Å²) in [5.74, 6) is -0.232. The molecule has 24 heavy (non-hydrogen) atoms. The lowest BCUT2D eigenvalue weighted by atomic mass is 10.1. The van der Waals surface area contributed by atoms with Crippen molar-refractivity contribution in [1.29, 1.82) is 0 Å². The number of hydrogen-bond donors (Lipinski definition) is 0. The molecule has 3 rings (SSSR count). The van der Waals surface area contributed by atoms with Crippen LogP contribution in [0.1, 0.15) is 19.8 Å². The van der Waals surface area contributed by atoms with Gasteiger partial charge in [-0.25, -0.2) is 0 Å². The van der Waals surface area contributed by atoms with Crippen LogP contribution in [0.15, 0.2) is 83.7 Å². The first kappa shape index (κ1) is 16.7. The van der Waals surface area contributed by atoms with Crippen molar-refractivity contribution in [3.63, 3.8) is 0 Å². The maximum absolute atomic E-state index is 11.2. The number of ether oxygens (including phenoxy) is 1. The topological polar surface area (TPSA) is 26.3 Å². The zero-order chi connectivity index (χ0) is 16.8. The molecule has 0 spiro atoms. The minimum absolute atomic E-state index is 0.232. The zero-order valence-electron chi connectivity index (χ0n) is 13.8. The molecule has 0 amide bonds. The van der Waals surface area contributed by atoms with Gasteiger partial charge in [0, 0.05) is 6.92 Å². The predicted octanol–water partition coefficient (Wildman–Crippen LogP) is 4.29. The van der Waals surface area contributed by atoms with Crippen LogP contribution < -0.4 is 10.6 Å². The number of benzene rings is 2. The van der Waals surface area contributed by atoms with Gasteiger partial charge < -0.3 is 4.74 Å². The fraction of sp³-hybridized carbons (Fsp3) is 0.190. The maximum atomic E-state index is 11.2. The molecule has 2 nitrogen and oxygen atoms in total. The summed E-state index contributed by atoms with van der Waals surface area (Å²) in [6, 6.07) is 21.3. The third kappa shape index (κ3) is 4.01. The first-order valence-electron chi connectivity index (χ1n) is 8.18. The summed E-state index contributed by atoms with van der Waals surface area (Å²) in [4.78, 5) is 11.2. The minimum Gasteiger partial charge on any atom is -0.461 e. The third-order valence-corrected chi connectivity index (χ3v) is 6.65. The Hall–Kier alpha value is -2.18. The van der Waals surface area contributed by atoms with Gasteiger partial charge >= 0.3 is 5.97 Å². The highest BCUT2D eigenvalue weighted by Gasteiger charge is 2.22. The molecular weight excluding hydrogens is 315 g/mol. The predicted molar refractivity (Wildman–Crippen MR) is 101 cm³/mol. The van der Waals surface area contributed by atoms with Crippen molar-refractivity contribution in [3.05, 3.63) is 83.7 Å². The summed E-state index contributed by atoms with van der Waals surface area (Å²) < 4.78 is 5.30. The number of hydrogen-bond acceptors (Lipinski definition) is 2. The van der Waals surface area contributed by atoms with Crippen LogP contribution in [0.4, 0.5) is 0 Å². The van der Waals surface area contributed by atoms with E-state index in [1.54, 1.807) is 0 Å². The summed E-state index contributed by atoms with van der Waals surface area (Å²) >= 11 is 0. The third-order valence-electron chi connectivity index (χ3n) is 3.97. The molecule has 3 heteroatoms. The van der Waals surface area contributed by atoms with Gasteiger partial charge in [-0.15, -0.1) is 0 Å². The molecule has 2 aromatic carbocycles. The number of esters is 1. The zero-order valence-corrected chi connectivity index (χ0v) is 14.7. The highest BCUT2D eigenvalue weighted by molar-refractivity contribution is 7.76. The van der Waals surface area contributed by atoms with Gasteiger partial charge in [0.1, 0.15) is 6.61 Å². The standard InChI is InChI=1S/C21H21O2P/c1-17(22)23-16-18-10-8-9-15-21(18)24(19-11-4-2-5-12-19)20-13-6-3-7-14-20/h2-8,10-14H,9,15-16H2,1H3. The van der Waals surface area contributed by atoms with Gasteiger partial charge in [-0.2, -0.15) is 0 Å². The summed E-state index contributed by atoms with van der Waals surface area (Å²) in [5, 5.41) is 4.08. The Morgan fingerprint density at radius 3 is 2.12 bits per heavy atom. The molecule has 0 heterocycles. The second-order valence-corrected chi connectivity index (χ2v) is 7.94. The Kier molecular flexibility index (Phi) is 5.61. The second kappa shape index (κ2) is 8.08. The molecule has 0 aliphatic heterocycles. The van der Waals surface area contributed by atoms with Crippen LogP contribution in [0.25, 0.3) is 0 Å². The fourth-order valence-corrected chi connectivity index (χ4v) is 5.52. The summed E-state index contributed by atoms with van der Waals surface area (Å²) in [5.41, 5.74) is 1.15. The van der Waals surface area contributed by atoms with E-state index in [0.29, 0.717) is 6.61 Å². The normalized spacial score (nSPS) is 14.1. The number of rotatable bonds is 5. The number of carbonyl (C=O) groups excluding carboxylic acids is 1. The van der Waals surface area contributed by atoms with Crippen molar-refractivity contribution in [3.8, 4) is 0 Å². The molecule has 0 bridgehead atoms. The van der Waals surface area contributed by atoms with Crippen LogP contribution in [-0.2, 0) is 9.53 Å². The molecule has 0 aromatic heterocycles. The SMILES string of the molecule is CC(=O)OCC1=C(P(c2ccccc2)c2ccccc2)CCC=C1. The summed E-state index contributed by atoms with van der Waals surface area (Å²) in [7, 11) is -0.602. The van der Waals surface area contributed by atoms with Gasteiger partial charge in [-0.3, -0.25) is 4.79 Å². The molecule has 1 aliphatic rings. The van der Waals surface area contributed by atoms with Crippen LogP contribution in [-0.4, -0.2) is 12.6 Å². The van der Waals surface area contributed by atoms with Gasteiger partial charge in [-0.1, -0.05) is 72.8 Å². The van der Waals surface area contributed by atoms with E-state index in [2.05, 4.69) is 72.8 Å². The molecule has 1 aliphatic carbocycles. The van der Waals surface area contributed by atoms with Crippen LogP contribution >= 0.6 is 7.92 Å². The molecule has 0 atom stereocenters. The molecule has 0 unspecified atom stereocenters. The molecule has 0 radical (unpaired) electrons. The molecule has 0 fully saturated rings. The van der Waals surface area contributed by atoms with E-state index in [9.17, 15) is 4.79 Å². The van der Waals surface area contributed by atoms with Crippen LogP contribution in [0.2, 0.25) is 0 Å². The van der Waals surface area contributed by atoms with E-state index in [0.717, 1.165) is 18.4 Å². The Morgan fingerprint density at radius 1 is 1.00 bits per heavy atom. The lowest BCUT2D eigenvalue weighted by Gasteiger charge is -2.26. The van der Waals surface area contributed by atoms with Crippen molar-refractivity contribution in [2.24, 2.45) is 0 Å². The Bertz CT molecular complexity index is 708. The Morgan fingerprint density at radius 2 is 1.58 bits per heavy atom. The van der Waals surface area contributed by atoms with Crippen molar-refractivity contribution < 1.29 is 9.53 Å². The first-order chi connectivity index (χ1) is 11.8. The largest absolute Gasteiger partial charge is 0.461 e. The van der Waals surface area contributed by atoms with Crippen molar-refractivity contribution in [1.82, 2.24) is 0 Å². The van der Waals surface area contributed by atoms with Crippen LogP contribution in [0.5, 0.6) is 0 Å². The quantitative estimate of drug-likeness (QED) is 0.601. The molecule has 0 saturated heterocycles. The molecular formula is C21H21O2P. The van der Waals surface area contributed by atoms with Crippen molar-refractivity contribution >= 4 is 24.5 Å². The van der Waals surface area contributed by atoms with Gasteiger partial charge in [0.25, 0.3) is 0 Å². The Labute approximate surface area is 144 Å². The van der Waals surface area contributed by atoms with Crippen LogP contribution in [0.3, 0.4) is 0 Å². The van der Waals surface area contributed by atoms with Crippen molar-refractivity contribution in [2.45, 2.75) is 19.8 Å². The fourth-order valence-electron chi connectivity index (χ4n) is 2.88. The number of carbonyl (C=O) groups is 1. The lowest BCUT2D eigenvalue weighted by Crippen LogP contribution is -2.16. The van der Waals surface area contributed by atoms with E-state index in [1.165, 1.54) is 22.8 Å². The smallest absolute Gasteiger partial charge is 0.302 e. The van der Waals surface area contributed by atoms with Gasteiger partial charge in [0.2, 0.25) is 0 Å². The van der Waals surface area contributed by atoms with Crippen LogP contribution in [0, 0.1) is 0 Å². The Balaban J connectivity index is 2.06.